The number of Topliss-reactive ketones (excluding diaryl/α,β-unsaturated/α-hetero) is 3. The van der Waals surface area contributed by atoms with E-state index in [1.54, 1.807) is 0 Å². The Balaban J connectivity index is 2.75. The molecule has 7 nitrogen and oxygen atoms in total. The highest BCUT2D eigenvalue weighted by atomic mass is 16.4. The van der Waals surface area contributed by atoms with Crippen LogP contribution in [0.5, 0.6) is 0 Å². The van der Waals surface area contributed by atoms with Crippen LogP contribution in [0.1, 0.15) is 6.42 Å². The highest BCUT2D eigenvalue weighted by molar-refractivity contribution is 6.53. The summed E-state index contributed by atoms with van der Waals surface area (Å²) in [7, 11) is 0. The molecule has 1 aliphatic carbocycles. The summed E-state index contributed by atoms with van der Waals surface area (Å²) in [6.07, 6.45) is 0.569. The predicted molar refractivity (Wildman–Crippen MR) is 49.9 cm³/mol. The maximum absolute atomic E-state index is 11.3. The fourth-order valence-corrected chi connectivity index (χ4v) is 1.22. The number of hydrogen-bond donors (Lipinski definition) is 1. The third-order valence-electron chi connectivity index (χ3n) is 2.08. The van der Waals surface area contributed by atoms with Crippen LogP contribution in [0.2, 0.25) is 0 Å². The highest BCUT2D eigenvalue weighted by Gasteiger charge is 2.39. The number of carboxylic acid groups (broad SMARTS) is 1. The largest absolute Gasteiger partial charge is 0.475 e. The maximum Gasteiger partial charge on any atom is 0.372 e. The number of hydrogen-bond acceptors (Lipinski definition) is 6. The molecule has 0 saturated carbocycles. The molecule has 0 saturated heterocycles. The van der Waals surface area contributed by atoms with Crippen molar-refractivity contribution < 1.29 is 33.9 Å². The average molecular weight is 238 g/mol. The topological polar surface area (TPSA) is 123 Å². The molecule has 1 N–H and O–H groups in total. The summed E-state index contributed by atoms with van der Waals surface area (Å²) < 4.78 is 0. The second kappa shape index (κ2) is 4.60. The summed E-state index contributed by atoms with van der Waals surface area (Å²) in [5.41, 5.74) is 0. The minimum Gasteiger partial charge on any atom is -0.475 e. The number of carbonyl (C=O) groups excluding carboxylic acids is 5. The Kier molecular flexibility index (Phi) is 3.42. The van der Waals surface area contributed by atoms with Crippen LogP contribution in [0.15, 0.2) is 12.2 Å². The molecule has 7 heteroatoms. The summed E-state index contributed by atoms with van der Waals surface area (Å²) in [5, 5.41) is 8.22. The minimum absolute atomic E-state index is 0.837. The summed E-state index contributed by atoms with van der Waals surface area (Å²) in [5.74, 6) is -9.44. The molecule has 1 rings (SSSR count). The van der Waals surface area contributed by atoms with Crippen LogP contribution >= 0.6 is 0 Å². The fraction of sp³-hybridized carbons (Fsp3) is 0.200. The van der Waals surface area contributed by atoms with Crippen molar-refractivity contribution in [3.05, 3.63) is 12.2 Å². The highest BCUT2D eigenvalue weighted by Crippen LogP contribution is 2.13. The van der Waals surface area contributed by atoms with Gasteiger partial charge in [-0.25, -0.2) is 4.79 Å². The standard InChI is InChI=1S/C10H6O7/c11-4-1-2-5(12)8(4)9(15)6(13)3-7(14)10(16)17/h1-2,8H,3H2,(H,16,17). The Labute approximate surface area is 94.1 Å². The normalized spacial score (nSPS) is 15.1. The monoisotopic (exact) mass is 238 g/mol. The number of aliphatic carboxylic acids is 1. The van der Waals surface area contributed by atoms with E-state index in [0.717, 1.165) is 12.2 Å². The van der Waals surface area contributed by atoms with Crippen LogP contribution < -0.4 is 0 Å². The van der Waals surface area contributed by atoms with Gasteiger partial charge in [-0.05, 0) is 12.2 Å². The van der Waals surface area contributed by atoms with E-state index in [2.05, 4.69) is 0 Å². The lowest BCUT2D eigenvalue weighted by Gasteiger charge is -2.03. The van der Waals surface area contributed by atoms with Gasteiger partial charge < -0.3 is 5.11 Å². The van der Waals surface area contributed by atoms with Gasteiger partial charge in [-0.2, -0.15) is 0 Å². The predicted octanol–water partition coefficient (Wildman–Crippen LogP) is -1.51. The van der Waals surface area contributed by atoms with Gasteiger partial charge in [0.15, 0.2) is 17.5 Å². The maximum atomic E-state index is 11.3. The first kappa shape index (κ1) is 12.6. The van der Waals surface area contributed by atoms with Crippen molar-refractivity contribution in [3.8, 4) is 0 Å². The van der Waals surface area contributed by atoms with Crippen molar-refractivity contribution in [2.75, 3.05) is 0 Å². The number of carbonyl (C=O) groups is 6. The first-order valence-electron chi connectivity index (χ1n) is 4.43. The molecule has 0 radical (unpaired) electrons. The van der Waals surface area contributed by atoms with Crippen LogP contribution in [0.25, 0.3) is 0 Å². The van der Waals surface area contributed by atoms with Crippen LogP contribution in [-0.4, -0.2) is 40.0 Å². The number of ketones is 5. The molecule has 0 heterocycles. The molecule has 0 aromatic rings. The van der Waals surface area contributed by atoms with Crippen molar-refractivity contribution >= 4 is 34.9 Å². The molecule has 0 bridgehead atoms. The fourth-order valence-electron chi connectivity index (χ4n) is 1.22. The second-order valence-electron chi connectivity index (χ2n) is 3.26. The Bertz CT molecular complexity index is 465. The number of carboxylic acids is 1. The van der Waals surface area contributed by atoms with E-state index in [9.17, 15) is 28.8 Å². The Morgan fingerprint density at radius 2 is 1.47 bits per heavy atom. The smallest absolute Gasteiger partial charge is 0.372 e. The minimum atomic E-state index is -1.85. The van der Waals surface area contributed by atoms with Gasteiger partial charge in [0.1, 0.15) is 0 Å². The first-order chi connectivity index (χ1) is 7.84. The van der Waals surface area contributed by atoms with Crippen LogP contribution in [0.3, 0.4) is 0 Å². The van der Waals surface area contributed by atoms with Crippen molar-refractivity contribution in [1.82, 2.24) is 0 Å². The van der Waals surface area contributed by atoms with Crippen LogP contribution in [0.4, 0.5) is 0 Å². The van der Waals surface area contributed by atoms with E-state index < -0.39 is 47.2 Å². The molecule has 0 aliphatic heterocycles. The molecular formula is C10H6O7. The average Bonchev–Trinajstić information content (AvgIpc) is 2.57. The van der Waals surface area contributed by atoms with Crippen molar-refractivity contribution in [2.45, 2.75) is 6.42 Å². The number of allylic oxidation sites excluding steroid dienone is 2. The molecule has 88 valence electrons. The summed E-state index contributed by atoms with van der Waals surface area (Å²) in [6.45, 7) is 0. The lowest BCUT2D eigenvalue weighted by Crippen LogP contribution is -2.33. The molecule has 1 aliphatic rings. The lowest BCUT2D eigenvalue weighted by atomic mass is 9.94. The van der Waals surface area contributed by atoms with Crippen molar-refractivity contribution in [3.63, 3.8) is 0 Å². The SMILES string of the molecule is O=C(O)C(=O)CC(=O)C(=O)C1C(=O)C=CC1=O. The lowest BCUT2D eigenvalue weighted by molar-refractivity contribution is -0.151. The van der Waals surface area contributed by atoms with Gasteiger partial charge >= 0.3 is 5.97 Å². The van der Waals surface area contributed by atoms with Crippen molar-refractivity contribution in [2.24, 2.45) is 5.92 Å². The molecule has 0 amide bonds. The molecule has 0 aromatic carbocycles. The van der Waals surface area contributed by atoms with Gasteiger partial charge in [0.25, 0.3) is 0 Å². The van der Waals surface area contributed by atoms with Crippen molar-refractivity contribution in [1.29, 1.82) is 0 Å². The van der Waals surface area contributed by atoms with Gasteiger partial charge in [-0.15, -0.1) is 0 Å². The molecule has 0 spiro atoms. The second-order valence-corrected chi connectivity index (χ2v) is 3.26. The van der Waals surface area contributed by atoms with Gasteiger partial charge in [0.05, 0.1) is 6.42 Å². The first-order valence-corrected chi connectivity index (χ1v) is 4.43. The van der Waals surface area contributed by atoms with Crippen LogP contribution in [0, 0.1) is 5.92 Å². The zero-order valence-corrected chi connectivity index (χ0v) is 8.34. The Hall–Kier alpha value is -2.44. The molecule has 0 aromatic heterocycles. The summed E-state index contributed by atoms with van der Waals surface area (Å²) in [6, 6.07) is 0. The molecular weight excluding hydrogens is 232 g/mol. The third-order valence-corrected chi connectivity index (χ3v) is 2.08. The van der Waals surface area contributed by atoms with Gasteiger partial charge in [0, 0.05) is 0 Å². The third kappa shape index (κ3) is 2.57. The van der Waals surface area contributed by atoms with E-state index in [0.29, 0.717) is 0 Å². The zero-order valence-electron chi connectivity index (χ0n) is 8.34. The van der Waals surface area contributed by atoms with Gasteiger partial charge in [-0.1, -0.05) is 0 Å². The van der Waals surface area contributed by atoms with Gasteiger partial charge in [0.2, 0.25) is 17.3 Å². The molecule has 0 unspecified atom stereocenters. The molecule has 17 heavy (non-hydrogen) atoms. The van der Waals surface area contributed by atoms with E-state index in [1.807, 2.05) is 0 Å². The molecule has 0 fully saturated rings. The van der Waals surface area contributed by atoms with E-state index >= 15 is 0 Å². The number of rotatable bonds is 5. The summed E-state index contributed by atoms with van der Waals surface area (Å²) in [4.78, 5) is 65.5. The van der Waals surface area contributed by atoms with Gasteiger partial charge in [-0.3, -0.25) is 24.0 Å². The van der Waals surface area contributed by atoms with E-state index in [4.69, 9.17) is 5.11 Å². The Morgan fingerprint density at radius 1 is 1.00 bits per heavy atom. The Morgan fingerprint density at radius 3 is 1.88 bits per heavy atom. The van der Waals surface area contributed by atoms with E-state index in [-0.39, 0.29) is 0 Å². The van der Waals surface area contributed by atoms with E-state index in [1.165, 1.54) is 0 Å². The zero-order chi connectivity index (χ0) is 13.2. The quantitative estimate of drug-likeness (QED) is 0.456. The molecule has 0 atom stereocenters. The van der Waals surface area contributed by atoms with Crippen LogP contribution in [-0.2, 0) is 28.8 Å². The summed E-state index contributed by atoms with van der Waals surface area (Å²) >= 11 is 0.